The maximum atomic E-state index is 12.5. The fourth-order valence-electron chi connectivity index (χ4n) is 3.40. The summed E-state index contributed by atoms with van der Waals surface area (Å²) in [4.78, 5) is 30.8. The number of hydrogen-bond acceptors (Lipinski definition) is 4. The number of anilines is 1. The molecule has 3 rings (SSSR count). The molecule has 0 unspecified atom stereocenters. The van der Waals surface area contributed by atoms with Crippen LogP contribution in [0.15, 0.2) is 54.6 Å². The Morgan fingerprint density at radius 3 is 2.21 bits per heavy atom. The molecular formula is C23H30N4O2. The summed E-state index contributed by atoms with van der Waals surface area (Å²) in [6.45, 7) is 6.97. The fourth-order valence-corrected chi connectivity index (χ4v) is 3.40. The lowest BCUT2D eigenvalue weighted by Crippen LogP contribution is -2.49. The lowest BCUT2D eigenvalue weighted by molar-refractivity contribution is -0.134. The number of benzene rings is 2. The summed E-state index contributed by atoms with van der Waals surface area (Å²) < 4.78 is 0. The molecule has 1 heterocycles. The van der Waals surface area contributed by atoms with Gasteiger partial charge in [-0.2, -0.15) is 0 Å². The average molecular weight is 395 g/mol. The number of nitrogens with one attached hydrogen (secondary N) is 1. The summed E-state index contributed by atoms with van der Waals surface area (Å²) in [7, 11) is 1.68. The first kappa shape index (κ1) is 21.0. The largest absolute Gasteiger partial charge is 0.335 e. The Hall–Kier alpha value is -2.70. The van der Waals surface area contributed by atoms with E-state index in [1.54, 1.807) is 7.05 Å². The van der Waals surface area contributed by atoms with Crippen LogP contribution in [0.3, 0.4) is 0 Å². The van der Waals surface area contributed by atoms with Gasteiger partial charge in [0.2, 0.25) is 11.8 Å². The molecule has 1 saturated heterocycles. The van der Waals surface area contributed by atoms with E-state index in [4.69, 9.17) is 0 Å². The third-order valence-corrected chi connectivity index (χ3v) is 5.21. The number of piperazine rings is 1. The summed E-state index contributed by atoms with van der Waals surface area (Å²) in [6, 6.07) is 18.1. The van der Waals surface area contributed by atoms with Crippen LogP contribution in [0.4, 0.5) is 5.69 Å². The molecule has 1 N–H and O–H groups in total. The Labute approximate surface area is 173 Å². The Morgan fingerprint density at radius 2 is 1.55 bits per heavy atom. The first-order chi connectivity index (χ1) is 14.0. The van der Waals surface area contributed by atoms with Crippen LogP contribution in [0.5, 0.6) is 0 Å². The lowest BCUT2D eigenvalue weighted by atomic mass is 10.2. The van der Waals surface area contributed by atoms with Gasteiger partial charge < -0.3 is 10.2 Å². The zero-order valence-corrected chi connectivity index (χ0v) is 17.3. The Morgan fingerprint density at radius 1 is 0.931 bits per heavy atom. The minimum Gasteiger partial charge on any atom is -0.335 e. The van der Waals surface area contributed by atoms with Crippen LogP contribution in [-0.2, 0) is 16.1 Å². The Bertz CT molecular complexity index is 799. The van der Waals surface area contributed by atoms with E-state index in [9.17, 15) is 9.59 Å². The van der Waals surface area contributed by atoms with Crippen LogP contribution in [-0.4, -0.2) is 72.8 Å². The number of nitrogens with zero attached hydrogens (tertiary/aromatic N) is 3. The van der Waals surface area contributed by atoms with E-state index in [0.717, 1.165) is 44.0 Å². The van der Waals surface area contributed by atoms with Crippen molar-refractivity contribution >= 4 is 17.5 Å². The van der Waals surface area contributed by atoms with Gasteiger partial charge in [-0.05, 0) is 24.6 Å². The quantitative estimate of drug-likeness (QED) is 0.782. The van der Waals surface area contributed by atoms with Gasteiger partial charge in [0.15, 0.2) is 0 Å². The molecule has 29 heavy (non-hydrogen) atoms. The highest BCUT2D eigenvalue weighted by molar-refractivity contribution is 5.94. The molecule has 0 bridgehead atoms. The average Bonchev–Trinajstić information content (AvgIpc) is 2.72. The SMILES string of the molecule is Cc1ccc(NC(=O)CN(C)C(=O)CN2CCN(Cc3ccccc3)CC2)cc1. The molecule has 0 radical (unpaired) electrons. The Kier molecular flexibility index (Phi) is 7.38. The minimum absolute atomic E-state index is 0.0273. The van der Waals surface area contributed by atoms with Crippen molar-refractivity contribution in [3.05, 3.63) is 65.7 Å². The lowest BCUT2D eigenvalue weighted by Gasteiger charge is -2.35. The van der Waals surface area contributed by atoms with Crippen LogP contribution < -0.4 is 5.32 Å². The molecule has 0 saturated carbocycles. The number of rotatable bonds is 7. The van der Waals surface area contributed by atoms with Crippen LogP contribution in [0, 0.1) is 6.92 Å². The normalized spacial score (nSPS) is 15.1. The first-order valence-corrected chi connectivity index (χ1v) is 10.1. The summed E-state index contributed by atoms with van der Waals surface area (Å²) in [6.07, 6.45) is 0. The van der Waals surface area contributed by atoms with Gasteiger partial charge >= 0.3 is 0 Å². The molecule has 2 aromatic carbocycles. The van der Waals surface area contributed by atoms with Crippen molar-refractivity contribution < 1.29 is 9.59 Å². The molecule has 0 atom stereocenters. The van der Waals surface area contributed by atoms with E-state index in [2.05, 4.69) is 39.4 Å². The summed E-state index contributed by atoms with van der Waals surface area (Å²) in [5.41, 5.74) is 3.20. The van der Waals surface area contributed by atoms with Crippen LogP contribution >= 0.6 is 0 Å². The molecule has 2 amide bonds. The second kappa shape index (κ2) is 10.2. The molecule has 0 aliphatic carbocycles. The highest BCUT2D eigenvalue weighted by Gasteiger charge is 2.21. The second-order valence-corrected chi connectivity index (χ2v) is 7.70. The van der Waals surface area contributed by atoms with Crippen molar-refractivity contribution in [3.8, 4) is 0 Å². The van der Waals surface area contributed by atoms with E-state index in [1.807, 2.05) is 37.3 Å². The van der Waals surface area contributed by atoms with Crippen molar-refractivity contribution in [1.82, 2.24) is 14.7 Å². The third-order valence-electron chi connectivity index (χ3n) is 5.21. The van der Waals surface area contributed by atoms with E-state index in [-0.39, 0.29) is 18.4 Å². The van der Waals surface area contributed by atoms with Crippen molar-refractivity contribution in [2.24, 2.45) is 0 Å². The van der Waals surface area contributed by atoms with Crippen molar-refractivity contribution in [1.29, 1.82) is 0 Å². The molecule has 0 aromatic heterocycles. The number of aryl methyl sites for hydroxylation is 1. The molecular weight excluding hydrogens is 364 g/mol. The summed E-state index contributed by atoms with van der Waals surface area (Å²) in [5.74, 6) is -0.210. The molecule has 6 heteroatoms. The zero-order valence-electron chi connectivity index (χ0n) is 17.3. The third kappa shape index (κ3) is 6.69. The van der Waals surface area contributed by atoms with Gasteiger partial charge in [0.25, 0.3) is 0 Å². The van der Waals surface area contributed by atoms with Crippen LogP contribution in [0.1, 0.15) is 11.1 Å². The fraction of sp³-hybridized carbons (Fsp3) is 0.391. The number of carbonyl (C=O) groups is 2. The molecule has 1 aliphatic rings. The van der Waals surface area contributed by atoms with Crippen LogP contribution in [0.25, 0.3) is 0 Å². The number of likely N-dealkylation sites (N-methyl/N-ethyl adjacent to an activating group) is 1. The topological polar surface area (TPSA) is 55.9 Å². The molecule has 2 aromatic rings. The predicted octanol–water partition coefficient (Wildman–Crippen LogP) is 2.21. The van der Waals surface area contributed by atoms with Crippen molar-refractivity contribution in [2.75, 3.05) is 51.6 Å². The Balaban J connectivity index is 1.38. The predicted molar refractivity (Wildman–Crippen MR) is 116 cm³/mol. The highest BCUT2D eigenvalue weighted by atomic mass is 16.2. The minimum atomic E-state index is -0.183. The van der Waals surface area contributed by atoms with E-state index < -0.39 is 0 Å². The van der Waals surface area contributed by atoms with Gasteiger partial charge in [0, 0.05) is 45.5 Å². The standard InChI is InChI=1S/C23H30N4O2/c1-19-8-10-21(11-9-19)24-22(28)17-25(2)23(29)18-27-14-12-26(13-15-27)16-20-6-4-3-5-7-20/h3-11H,12-18H2,1-2H3,(H,24,28). The van der Waals surface area contributed by atoms with Gasteiger partial charge in [-0.1, -0.05) is 48.0 Å². The number of amides is 2. The molecule has 154 valence electrons. The van der Waals surface area contributed by atoms with Gasteiger partial charge in [0.05, 0.1) is 13.1 Å². The van der Waals surface area contributed by atoms with Gasteiger partial charge in [0.1, 0.15) is 0 Å². The van der Waals surface area contributed by atoms with Crippen molar-refractivity contribution in [2.45, 2.75) is 13.5 Å². The second-order valence-electron chi connectivity index (χ2n) is 7.70. The maximum Gasteiger partial charge on any atom is 0.243 e. The number of hydrogen-bond donors (Lipinski definition) is 1. The van der Waals surface area contributed by atoms with Crippen LogP contribution in [0.2, 0.25) is 0 Å². The van der Waals surface area contributed by atoms with E-state index in [1.165, 1.54) is 10.5 Å². The van der Waals surface area contributed by atoms with Gasteiger partial charge in [-0.15, -0.1) is 0 Å². The van der Waals surface area contributed by atoms with Gasteiger partial charge in [-0.3, -0.25) is 19.4 Å². The molecule has 0 spiro atoms. The zero-order chi connectivity index (χ0) is 20.6. The van der Waals surface area contributed by atoms with Crippen molar-refractivity contribution in [3.63, 3.8) is 0 Å². The monoisotopic (exact) mass is 394 g/mol. The molecule has 1 aliphatic heterocycles. The molecule has 6 nitrogen and oxygen atoms in total. The highest BCUT2D eigenvalue weighted by Crippen LogP contribution is 2.10. The summed E-state index contributed by atoms with van der Waals surface area (Å²) in [5, 5.41) is 2.83. The molecule has 1 fully saturated rings. The smallest absolute Gasteiger partial charge is 0.243 e. The summed E-state index contributed by atoms with van der Waals surface area (Å²) >= 11 is 0. The first-order valence-electron chi connectivity index (χ1n) is 10.1. The van der Waals surface area contributed by atoms with E-state index >= 15 is 0 Å². The van der Waals surface area contributed by atoms with Gasteiger partial charge in [-0.25, -0.2) is 0 Å². The number of carbonyl (C=O) groups excluding carboxylic acids is 2. The van der Waals surface area contributed by atoms with E-state index in [0.29, 0.717) is 6.54 Å². The maximum absolute atomic E-state index is 12.5.